The average molecular weight is 260 g/mol. The Bertz CT molecular complexity index is 532. The number of carbonyl (C=O) groups is 2. The zero-order valence-electron chi connectivity index (χ0n) is 11.0. The first kappa shape index (κ1) is 14.9. The number of esters is 1. The van der Waals surface area contributed by atoms with Crippen molar-refractivity contribution >= 4 is 11.8 Å². The minimum atomic E-state index is -0.814. The van der Waals surface area contributed by atoms with E-state index < -0.39 is 12.0 Å². The van der Waals surface area contributed by atoms with Crippen LogP contribution in [-0.4, -0.2) is 24.4 Å². The second kappa shape index (κ2) is 6.66. The van der Waals surface area contributed by atoms with Gasteiger partial charge in [0.25, 0.3) is 0 Å². The van der Waals surface area contributed by atoms with E-state index in [4.69, 9.17) is 15.7 Å². The molecule has 19 heavy (non-hydrogen) atoms. The average Bonchev–Trinajstić information content (AvgIpc) is 2.39. The molecule has 100 valence electrons. The van der Waals surface area contributed by atoms with Crippen LogP contribution in [0.1, 0.15) is 35.3 Å². The SMILES string of the molecule is CCOC(=O)C(N)Cc1ccc(C#N)cc1C(C)=O. The van der Waals surface area contributed by atoms with Gasteiger partial charge in [0, 0.05) is 5.56 Å². The van der Waals surface area contributed by atoms with Crippen molar-refractivity contribution in [3.63, 3.8) is 0 Å². The molecule has 2 N–H and O–H groups in total. The molecule has 1 aromatic carbocycles. The van der Waals surface area contributed by atoms with Crippen LogP contribution < -0.4 is 5.73 Å². The molecule has 1 rings (SSSR count). The molecule has 0 spiro atoms. The standard InChI is InChI=1S/C14H16N2O3/c1-3-19-14(18)13(16)7-11-5-4-10(8-15)6-12(11)9(2)17/h4-6,13H,3,7,16H2,1-2H3. The van der Waals surface area contributed by atoms with Crippen molar-refractivity contribution in [3.8, 4) is 6.07 Å². The van der Waals surface area contributed by atoms with Crippen LogP contribution in [0, 0.1) is 11.3 Å². The van der Waals surface area contributed by atoms with Crippen LogP contribution in [0.25, 0.3) is 0 Å². The first-order chi connectivity index (χ1) is 8.99. The zero-order chi connectivity index (χ0) is 14.4. The summed E-state index contributed by atoms with van der Waals surface area (Å²) in [6.07, 6.45) is 0.208. The Morgan fingerprint density at radius 2 is 2.16 bits per heavy atom. The van der Waals surface area contributed by atoms with E-state index >= 15 is 0 Å². The Morgan fingerprint density at radius 1 is 1.47 bits per heavy atom. The summed E-state index contributed by atoms with van der Waals surface area (Å²) in [5.41, 5.74) is 7.19. The third-order valence-corrected chi connectivity index (χ3v) is 2.65. The first-order valence-electron chi connectivity index (χ1n) is 5.95. The maximum atomic E-state index is 11.5. The van der Waals surface area contributed by atoms with Crippen LogP contribution in [0.3, 0.4) is 0 Å². The van der Waals surface area contributed by atoms with Gasteiger partial charge >= 0.3 is 5.97 Å². The lowest BCUT2D eigenvalue weighted by atomic mass is 9.96. The molecule has 5 nitrogen and oxygen atoms in total. The molecular weight excluding hydrogens is 244 g/mol. The molecular formula is C14H16N2O3. The maximum absolute atomic E-state index is 11.5. The van der Waals surface area contributed by atoms with Crippen molar-refractivity contribution in [2.45, 2.75) is 26.3 Å². The van der Waals surface area contributed by atoms with E-state index in [9.17, 15) is 9.59 Å². The van der Waals surface area contributed by atoms with Crippen molar-refractivity contribution < 1.29 is 14.3 Å². The molecule has 0 radical (unpaired) electrons. The number of ketones is 1. The number of rotatable bonds is 5. The van der Waals surface area contributed by atoms with Gasteiger partial charge in [0.2, 0.25) is 0 Å². The minimum Gasteiger partial charge on any atom is -0.465 e. The van der Waals surface area contributed by atoms with Gasteiger partial charge in [-0.15, -0.1) is 0 Å². The lowest BCUT2D eigenvalue weighted by Crippen LogP contribution is -2.34. The Balaban J connectivity index is 2.98. The largest absolute Gasteiger partial charge is 0.465 e. The number of Topliss-reactive ketones (excluding diaryl/α,β-unsaturated/α-hetero) is 1. The van der Waals surface area contributed by atoms with Crippen LogP contribution in [0.5, 0.6) is 0 Å². The highest BCUT2D eigenvalue weighted by Crippen LogP contribution is 2.14. The molecule has 1 unspecified atom stereocenters. The number of hydrogen-bond donors (Lipinski definition) is 1. The van der Waals surface area contributed by atoms with Crippen LogP contribution in [0.15, 0.2) is 18.2 Å². The Labute approximate surface area is 112 Å². The van der Waals surface area contributed by atoms with Crippen LogP contribution in [-0.2, 0) is 16.0 Å². The van der Waals surface area contributed by atoms with Crippen LogP contribution >= 0.6 is 0 Å². The van der Waals surface area contributed by atoms with Gasteiger partial charge < -0.3 is 10.5 Å². The van der Waals surface area contributed by atoms with Gasteiger partial charge in [-0.3, -0.25) is 9.59 Å². The van der Waals surface area contributed by atoms with Gasteiger partial charge in [0.1, 0.15) is 6.04 Å². The molecule has 1 atom stereocenters. The molecule has 1 aromatic rings. The molecule has 0 aliphatic carbocycles. The van der Waals surface area contributed by atoms with Crippen molar-refractivity contribution in [2.24, 2.45) is 5.73 Å². The number of nitrogens with zero attached hydrogens (tertiary/aromatic N) is 1. The van der Waals surface area contributed by atoms with Crippen molar-refractivity contribution in [1.82, 2.24) is 0 Å². The lowest BCUT2D eigenvalue weighted by Gasteiger charge is -2.13. The fourth-order valence-corrected chi connectivity index (χ4v) is 1.72. The predicted octanol–water partition coefficient (Wildman–Crippen LogP) is 1.19. The monoisotopic (exact) mass is 260 g/mol. The van der Waals surface area contributed by atoms with Crippen molar-refractivity contribution in [2.75, 3.05) is 6.61 Å². The number of nitriles is 1. The van der Waals surface area contributed by atoms with E-state index in [1.807, 2.05) is 6.07 Å². The summed E-state index contributed by atoms with van der Waals surface area (Å²) in [7, 11) is 0. The lowest BCUT2D eigenvalue weighted by molar-refractivity contribution is -0.144. The quantitative estimate of drug-likeness (QED) is 0.634. The maximum Gasteiger partial charge on any atom is 0.323 e. The van der Waals surface area contributed by atoms with Gasteiger partial charge in [0.15, 0.2) is 5.78 Å². The van der Waals surface area contributed by atoms with E-state index in [0.29, 0.717) is 16.7 Å². The molecule has 0 aliphatic rings. The normalized spacial score (nSPS) is 11.5. The van der Waals surface area contributed by atoms with Gasteiger partial charge in [0.05, 0.1) is 18.2 Å². The van der Waals surface area contributed by atoms with Crippen molar-refractivity contribution in [1.29, 1.82) is 5.26 Å². The van der Waals surface area contributed by atoms with Gasteiger partial charge in [-0.2, -0.15) is 5.26 Å². The number of hydrogen-bond acceptors (Lipinski definition) is 5. The van der Waals surface area contributed by atoms with Crippen LogP contribution in [0.4, 0.5) is 0 Å². The summed E-state index contributed by atoms with van der Waals surface area (Å²) in [5, 5.41) is 8.81. The summed E-state index contributed by atoms with van der Waals surface area (Å²) >= 11 is 0. The summed E-state index contributed by atoms with van der Waals surface area (Å²) in [5.74, 6) is -0.662. The molecule has 0 fully saturated rings. The fourth-order valence-electron chi connectivity index (χ4n) is 1.72. The molecule has 0 bridgehead atoms. The third-order valence-electron chi connectivity index (χ3n) is 2.65. The summed E-state index contributed by atoms with van der Waals surface area (Å²) in [6.45, 7) is 3.38. The first-order valence-corrected chi connectivity index (χ1v) is 5.95. The molecule has 0 amide bonds. The highest BCUT2D eigenvalue weighted by Gasteiger charge is 2.18. The van der Waals surface area contributed by atoms with E-state index in [1.54, 1.807) is 19.1 Å². The van der Waals surface area contributed by atoms with Gasteiger partial charge in [-0.1, -0.05) is 6.07 Å². The van der Waals surface area contributed by atoms with E-state index in [0.717, 1.165) is 0 Å². The highest BCUT2D eigenvalue weighted by molar-refractivity contribution is 5.96. The number of nitrogens with two attached hydrogens (primary N) is 1. The Kier molecular flexibility index (Phi) is 5.22. The summed E-state index contributed by atoms with van der Waals surface area (Å²) < 4.78 is 4.82. The number of carbonyl (C=O) groups excluding carboxylic acids is 2. The second-order valence-corrected chi connectivity index (χ2v) is 4.10. The molecule has 0 heterocycles. The van der Waals surface area contributed by atoms with Gasteiger partial charge in [-0.25, -0.2) is 0 Å². The van der Waals surface area contributed by atoms with E-state index in [-0.39, 0.29) is 18.8 Å². The summed E-state index contributed by atoms with van der Waals surface area (Å²) in [6, 6.07) is 5.91. The topological polar surface area (TPSA) is 93.2 Å². The molecule has 5 heteroatoms. The smallest absolute Gasteiger partial charge is 0.323 e. The molecule has 0 aliphatic heterocycles. The van der Waals surface area contributed by atoms with E-state index in [2.05, 4.69) is 0 Å². The fraction of sp³-hybridized carbons (Fsp3) is 0.357. The third kappa shape index (κ3) is 3.90. The number of ether oxygens (including phenoxy) is 1. The van der Waals surface area contributed by atoms with E-state index in [1.165, 1.54) is 13.0 Å². The summed E-state index contributed by atoms with van der Waals surface area (Å²) in [4.78, 5) is 23.0. The minimum absolute atomic E-state index is 0.164. The molecule has 0 aromatic heterocycles. The highest BCUT2D eigenvalue weighted by atomic mass is 16.5. The molecule has 0 saturated carbocycles. The van der Waals surface area contributed by atoms with Crippen LogP contribution in [0.2, 0.25) is 0 Å². The van der Waals surface area contributed by atoms with Crippen molar-refractivity contribution in [3.05, 3.63) is 34.9 Å². The predicted molar refractivity (Wildman–Crippen MR) is 69.5 cm³/mol. The second-order valence-electron chi connectivity index (χ2n) is 4.10. The Hall–Kier alpha value is -2.19. The zero-order valence-corrected chi connectivity index (χ0v) is 11.0. The van der Waals surface area contributed by atoms with Gasteiger partial charge in [-0.05, 0) is 38.0 Å². The number of benzene rings is 1. The Morgan fingerprint density at radius 3 is 2.68 bits per heavy atom. The molecule has 0 saturated heterocycles.